The van der Waals surface area contributed by atoms with Crippen molar-refractivity contribution in [2.45, 2.75) is 44.5 Å². The number of hydrogen-bond donors (Lipinski definition) is 2. The molecule has 3 aromatic carbocycles. The minimum absolute atomic E-state index is 0.0880. The maximum absolute atomic E-state index is 13.3. The summed E-state index contributed by atoms with van der Waals surface area (Å²) in [7, 11) is 6.40. The Bertz CT molecular complexity index is 1470. The Balaban J connectivity index is 1.40. The van der Waals surface area contributed by atoms with E-state index < -0.39 is 0 Å². The SMILES string of the molecule is COc1cc(CN2CC[C@@H]3Oc4ccc(c(OC)c4)CNC(=O)CCc4ccc(OC)c(c4)OCC(=O)N[C@@H]3C2)cc(OC)c1. The molecule has 3 aliphatic rings. The summed E-state index contributed by atoms with van der Waals surface area (Å²) in [6.07, 6.45) is 1.16. The van der Waals surface area contributed by atoms with Gasteiger partial charge in [0, 0.05) is 50.3 Å². The Morgan fingerprint density at radius 3 is 2.36 bits per heavy atom. The van der Waals surface area contributed by atoms with Crippen LogP contribution in [0.5, 0.6) is 34.5 Å². The van der Waals surface area contributed by atoms with Gasteiger partial charge >= 0.3 is 0 Å². The number of piperidine rings is 1. The highest BCUT2D eigenvalue weighted by Crippen LogP contribution is 2.30. The van der Waals surface area contributed by atoms with Gasteiger partial charge in [-0.3, -0.25) is 14.5 Å². The van der Waals surface area contributed by atoms with Crippen molar-refractivity contribution in [3.63, 3.8) is 0 Å². The van der Waals surface area contributed by atoms with Gasteiger partial charge in [-0.25, -0.2) is 0 Å². The largest absolute Gasteiger partial charge is 0.497 e. The molecular formula is C34H41N3O8. The van der Waals surface area contributed by atoms with Crippen LogP contribution in [0.3, 0.4) is 0 Å². The van der Waals surface area contributed by atoms with Crippen LogP contribution in [-0.2, 0) is 29.1 Å². The Hall–Kier alpha value is -4.64. The highest BCUT2D eigenvalue weighted by atomic mass is 16.5. The van der Waals surface area contributed by atoms with Gasteiger partial charge in [-0.15, -0.1) is 0 Å². The number of nitrogens with one attached hydrogen (secondary N) is 2. The molecule has 2 atom stereocenters. The molecule has 11 nitrogen and oxygen atoms in total. The van der Waals surface area contributed by atoms with Gasteiger partial charge in [-0.1, -0.05) is 6.07 Å². The minimum Gasteiger partial charge on any atom is -0.497 e. The van der Waals surface area contributed by atoms with E-state index in [1.54, 1.807) is 34.5 Å². The highest BCUT2D eigenvalue weighted by molar-refractivity contribution is 5.78. The summed E-state index contributed by atoms with van der Waals surface area (Å²) in [5, 5.41) is 6.14. The standard InChI is InChI=1S/C34H41N3O8/c1-40-26-13-23(14-27(16-26)41-2)19-37-12-11-29-28(20-37)36-34(39)21-44-32-15-22(5-9-30(32)42-3)6-10-33(38)35-18-24-7-8-25(45-29)17-31(24)43-4/h5,7-9,13-17,28-29H,6,10-12,18-21H2,1-4H3,(H,35,38)(H,36,39)/t28-,29+/m1/s1. The van der Waals surface area contributed by atoms with Gasteiger partial charge < -0.3 is 39.1 Å². The molecular weight excluding hydrogens is 578 g/mol. The van der Waals surface area contributed by atoms with Crippen molar-refractivity contribution >= 4 is 11.8 Å². The van der Waals surface area contributed by atoms with Crippen molar-refractivity contribution < 1.29 is 38.0 Å². The molecule has 11 heteroatoms. The van der Waals surface area contributed by atoms with Crippen LogP contribution in [0.15, 0.2) is 54.6 Å². The third-order valence-corrected chi connectivity index (χ3v) is 8.05. The van der Waals surface area contributed by atoms with E-state index in [4.69, 9.17) is 28.4 Å². The van der Waals surface area contributed by atoms with E-state index >= 15 is 0 Å². The van der Waals surface area contributed by atoms with E-state index in [1.807, 2.05) is 48.5 Å². The fourth-order valence-electron chi connectivity index (χ4n) is 5.68. The average Bonchev–Trinajstić information content (AvgIpc) is 3.06. The molecule has 3 aromatic rings. The molecule has 0 unspecified atom stereocenters. The van der Waals surface area contributed by atoms with Crippen molar-refractivity contribution in [2.24, 2.45) is 0 Å². The molecule has 45 heavy (non-hydrogen) atoms. The van der Waals surface area contributed by atoms with E-state index in [0.29, 0.717) is 55.5 Å². The number of carbonyl (C=O) groups excluding carboxylic acids is 2. The van der Waals surface area contributed by atoms with Crippen molar-refractivity contribution in [3.8, 4) is 34.5 Å². The Morgan fingerprint density at radius 1 is 0.844 bits per heavy atom. The zero-order chi connectivity index (χ0) is 31.8. The molecule has 6 rings (SSSR count). The number of fused-ring (bicyclic) bond motifs is 9. The summed E-state index contributed by atoms with van der Waals surface area (Å²) < 4.78 is 34.4. The molecule has 0 radical (unpaired) electrons. The topological polar surface area (TPSA) is 117 Å². The van der Waals surface area contributed by atoms with Crippen molar-refractivity contribution in [2.75, 3.05) is 48.1 Å². The maximum Gasteiger partial charge on any atom is 0.258 e. The van der Waals surface area contributed by atoms with Crippen molar-refractivity contribution in [3.05, 3.63) is 71.3 Å². The molecule has 2 N–H and O–H groups in total. The van der Waals surface area contributed by atoms with Gasteiger partial charge in [0.05, 0.1) is 34.5 Å². The zero-order valence-electron chi connectivity index (χ0n) is 26.2. The van der Waals surface area contributed by atoms with E-state index in [1.165, 1.54) is 0 Å². The number of carbonyl (C=O) groups is 2. The molecule has 2 amide bonds. The number of aryl methyl sites for hydroxylation is 1. The van der Waals surface area contributed by atoms with Crippen molar-refractivity contribution in [1.29, 1.82) is 0 Å². The first-order valence-electron chi connectivity index (χ1n) is 15.0. The van der Waals surface area contributed by atoms with Crippen LogP contribution in [0.25, 0.3) is 0 Å². The molecule has 240 valence electrons. The summed E-state index contributed by atoms with van der Waals surface area (Å²) in [4.78, 5) is 28.2. The lowest BCUT2D eigenvalue weighted by Crippen LogP contribution is -2.57. The second-order valence-corrected chi connectivity index (χ2v) is 11.1. The fourth-order valence-corrected chi connectivity index (χ4v) is 5.68. The van der Waals surface area contributed by atoms with E-state index in [-0.39, 0.29) is 37.0 Å². The number of amides is 2. The van der Waals surface area contributed by atoms with Gasteiger partial charge in [-0.2, -0.15) is 0 Å². The molecule has 0 spiro atoms. The van der Waals surface area contributed by atoms with Crippen molar-refractivity contribution in [1.82, 2.24) is 15.5 Å². The van der Waals surface area contributed by atoms with Crippen LogP contribution in [0.2, 0.25) is 0 Å². The van der Waals surface area contributed by atoms with Crippen LogP contribution >= 0.6 is 0 Å². The highest BCUT2D eigenvalue weighted by Gasteiger charge is 2.33. The number of rotatable bonds is 6. The second kappa shape index (κ2) is 14.9. The molecule has 0 saturated carbocycles. The number of likely N-dealkylation sites (tertiary alicyclic amines) is 1. The number of benzene rings is 3. The van der Waals surface area contributed by atoms with E-state index in [9.17, 15) is 9.59 Å². The Kier molecular flexibility index (Phi) is 10.5. The summed E-state index contributed by atoms with van der Waals surface area (Å²) in [6, 6.07) is 16.6. The van der Waals surface area contributed by atoms with Crippen LogP contribution in [0, 0.1) is 0 Å². The number of methoxy groups -OCH3 is 4. The molecule has 1 saturated heterocycles. The lowest BCUT2D eigenvalue weighted by Gasteiger charge is -2.39. The number of nitrogens with zero attached hydrogens (tertiary/aromatic N) is 1. The van der Waals surface area contributed by atoms with Crippen LogP contribution < -0.4 is 39.1 Å². The van der Waals surface area contributed by atoms with Gasteiger partial charge in [0.15, 0.2) is 18.1 Å². The van der Waals surface area contributed by atoms with Gasteiger partial charge in [0.1, 0.15) is 29.1 Å². The monoisotopic (exact) mass is 619 g/mol. The summed E-state index contributed by atoms with van der Waals surface area (Å²) in [6.45, 7) is 2.06. The normalized spacial score (nSPS) is 19.3. The Labute approximate surface area is 263 Å². The van der Waals surface area contributed by atoms with E-state index in [2.05, 4.69) is 15.5 Å². The van der Waals surface area contributed by atoms with Crippen LogP contribution in [0.1, 0.15) is 29.5 Å². The van der Waals surface area contributed by atoms with Crippen LogP contribution in [0.4, 0.5) is 0 Å². The van der Waals surface area contributed by atoms with Gasteiger partial charge in [0.2, 0.25) is 5.91 Å². The minimum atomic E-state index is -0.331. The first-order valence-corrected chi connectivity index (χ1v) is 15.0. The first-order chi connectivity index (χ1) is 21.9. The zero-order valence-corrected chi connectivity index (χ0v) is 26.2. The summed E-state index contributed by atoms with van der Waals surface area (Å²) in [5.41, 5.74) is 2.77. The molecule has 3 aliphatic heterocycles. The smallest absolute Gasteiger partial charge is 0.258 e. The Morgan fingerprint density at radius 2 is 1.62 bits per heavy atom. The summed E-state index contributed by atoms with van der Waals surface area (Å²) >= 11 is 0. The molecule has 1 fully saturated rings. The lowest BCUT2D eigenvalue weighted by molar-refractivity contribution is -0.125. The molecule has 0 aromatic heterocycles. The quantitative estimate of drug-likeness (QED) is 0.428. The molecule has 0 aliphatic carbocycles. The third-order valence-electron chi connectivity index (χ3n) is 8.05. The maximum atomic E-state index is 13.3. The number of hydrogen-bond acceptors (Lipinski definition) is 9. The lowest BCUT2D eigenvalue weighted by atomic mass is 10.0. The van der Waals surface area contributed by atoms with E-state index in [0.717, 1.165) is 34.7 Å². The second-order valence-electron chi connectivity index (χ2n) is 11.1. The van der Waals surface area contributed by atoms with Gasteiger partial charge in [0.25, 0.3) is 5.91 Å². The predicted molar refractivity (Wildman–Crippen MR) is 167 cm³/mol. The molecule has 4 bridgehead atoms. The summed E-state index contributed by atoms with van der Waals surface area (Å²) in [5.74, 6) is 3.25. The first kappa shape index (κ1) is 31.8. The van der Waals surface area contributed by atoms with Gasteiger partial charge in [-0.05, 0) is 60.4 Å². The third kappa shape index (κ3) is 8.30. The average molecular weight is 620 g/mol. The van der Waals surface area contributed by atoms with Crippen LogP contribution in [-0.4, -0.2) is 77.0 Å². The molecule has 3 heterocycles. The number of ether oxygens (including phenoxy) is 6. The predicted octanol–water partition coefficient (Wildman–Crippen LogP) is 3.50. The fraction of sp³-hybridized carbons (Fsp3) is 0.412.